The summed E-state index contributed by atoms with van der Waals surface area (Å²) in [5, 5.41) is 8.46. The van der Waals surface area contributed by atoms with E-state index in [-0.39, 0.29) is 36.9 Å². The standard InChI is InChI=1S/C16H25N3O4.ClH/c1-11(2)19-15(20)10-23-13-6-5-12(9-14(13)22-4)16(21)18-8-7-17-3;/h5-6,9,11,17H,7-8,10H2,1-4H3,(H,18,21)(H,19,20);1H. The molecule has 2 amide bonds. The molecule has 0 atom stereocenters. The van der Waals surface area contributed by atoms with Gasteiger partial charge in [-0.3, -0.25) is 9.59 Å². The van der Waals surface area contributed by atoms with Crippen molar-refractivity contribution in [3.63, 3.8) is 0 Å². The first-order valence-corrected chi connectivity index (χ1v) is 7.51. The highest BCUT2D eigenvalue weighted by Crippen LogP contribution is 2.28. The lowest BCUT2D eigenvalue weighted by molar-refractivity contribution is -0.123. The molecule has 8 heteroatoms. The first-order chi connectivity index (χ1) is 11.0. The number of carbonyl (C=O) groups is 2. The Labute approximate surface area is 148 Å². The van der Waals surface area contributed by atoms with Gasteiger partial charge in [-0.2, -0.15) is 0 Å². The van der Waals surface area contributed by atoms with Crippen LogP contribution in [0.25, 0.3) is 0 Å². The van der Waals surface area contributed by atoms with E-state index in [9.17, 15) is 9.59 Å². The van der Waals surface area contributed by atoms with Gasteiger partial charge in [-0.15, -0.1) is 12.4 Å². The average Bonchev–Trinajstić information content (AvgIpc) is 2.52. The summed E-state index contributed by atoms with van der Waals surface area (Å²) in [7, 11) is 3.30. The molecule has 136 valence electrons. The second-order valence-electron chi connectivity index (χ2n) is 5.24. The molecule has 1 aromatic rings. The van der Waals surface area contributed by atoms with Gasteiger partial charge in [-0.05, 0) is 39.1 Å². The summed E-state index contributed by atoms with van der Waals surface area (Å²) in [6.45, 7) is 4.86. The second-order valence-corrected chi connectivity index (χ2v) is 5.24. The first-order valence-electron chi connectivity index (χ1n) is 7.51. The summed E-state index contributed by atoms with van der Waals surface area (Å²) in [5.41, 5.74) is 0.469. The monoisotopic (exact) mass is 359 g/mol. The number of ether oxygens (including phenoxy) is 2. The van der Waals surface area contributed by atoms with Crippen molar-refractivity contribution >= 4 is 24.2 Å². The molecule has 7 nitrogen and oxygen atoms in total. The average molecular weight is 360 g/mol. The predicted octanol–water partition coefficient (Wildman–Crippen LogP) is 0.970. The molecule has 1 aromatic carbocycles. The van der Waals surface area contributed by atoms with Gasteiger partial charge in [0.15, 0.2) is 18.1 Å². The maximum absolute atomic E-state index is 12.0. The molecule has 0 spiro atoms. The van der Waals surface area contributed by atoms with Crippen molar-refractivity contribution in [1.82, 2.24) is 16.0 Å². The van der Waals surface area contributed by atoms with Gasteiger partial charge in [0.2, 0.25) is 0 Å². The normalized spacial score (nSPS) is 9.88. The topological polar surface area (TPSA) is 88.7 Å². The van der Waals surface area contributed by atoms with Gasteiger partial charge < -0.3 is 25.4 Å². The van der Waals surface area contributed by atoms with E-state index in [2.05, 4.69) is 16.0 Å². The Bertz CT molecular complexity index is 538. The van der Waals surface area contributed by atoms with Crippen LogP contribution in [0.15, 0.2) is 18.2 Å². The molecule has 0 fully saturated rings. The van der Waals surface area contributed by atoms with Gasteiger partial charge in [-0.1, -0.05) is 0 Å². The number of nitrogens with one attached hydrogen (secondary N) is 3. The highest BCUT2D eigenvalue weighted by molar-refractivity contribution is 5.94. The summed E-state index contributed by atoms with van der Waals surface area (Å²) < 4.78 is 10.7. The maximum atomic E-state index is 12.0. The number of likely N-dealkylation sites (N-methyl/N-ethyl adjacent to an activating group) is 1. The van der Waals surface area contributed by atoms with Gasteiger partial charge in [0.05, 0.1) is 7.11 Å². The van der Waals surface area contributed by atoms with E-state index in [0.29, 0.717) is 30.2 Å². The Morgan fingerprint density at radius 1 is 1.17 bits per heavy atom. The van der Waals surface area contributed by atoms with Gasteiger partial charge in [-0.25, -0.2) is 0 Å². The number of hydrogen-bond acceptors (Lipinski definition) is 5. The number of benzene rings is 1. The molecule has 0 heterocycles. The van der Waals surface area contributed by atoms with E-state index in [1.807, 2.05) is 20.9 Å². The molecule has 0 radical (unpaired) electrons. The van der Waals surface area contributed by atoms with Crippen molar-refractivity contribution < 1.29 is 19.1 Å². The van der Waals surface area contributed by atoms with Crippen LogP contribution in [0.5, 0.6) is 11.5 Å². The van der Waals surface area contributed by atoms with Crippen LogP contribution in [-0.2, 0) is 4.79 Å². The fourth-order valence-electron chi connectivity index (χ4n) is 1.84. The van der Waals surface area contributed by atoms with Crippen LogP contribution in [0.4, 0.5) is 0 Å². The molecule has 0 bridgehead atoms. The molecular formula is C16H26ClN3O4. The third-order valence-corrected chi connectivity index (χ3v) is 2.89. The van der Waals surface area contributed by atoms with Crippen LogP contribution < -0.4 is 25.4 Å². The van der Waals surface area contributed by atoms with Crippen molar-refractivity contribution in [1.29, 1.82) is 0 Å². The first kappa shape index (κ1) is 22.0. The number of hydrogen-bond donors (Lipinski definition) is 3. The van der Waals surface area contributed by atoms with Gasteiger partial charge in [0, 0.05) is 24.7 Å². The summed E-state index contributed by atoms with van der Waals surface area (Å²) >= 11 is 0. The lowest BCUT2D eigenvalue weighted by atomic mass is 10.2. The van der Waals surface area contributed by atoms with Gasteiger partial charge in [0.25, 0.3) is 11.8 Å². The fourth-order valence-corrected chi connectivity index (χ4v) is 1.84. The molecule has 0 aliphatic rings. The van der Waals surface area contributed by atoms with Crippen molar-refractivity contribution in [3.8, 4) is 11.5 Å². The molecule has 0 aliphatic heterocycles. The summed E-state index contributed by atoms with van der Waals surface area (Å²) in [5.74, 6) is 0.417. The van der Waals surface area contributed by atoms with Crippen LogP contribution in [0.2, 0.25) is 0 Å². The van der Waals surface area contributed by atoms with Crippen molar-refractivity contribution in [3.05, 3.63) is 23.8 Å². The zero-order valence-corrected chi connectivity index (χ0v) is 15.3. The minimum Gasteiger partial charge on any atom is -0.493 e. The van der Waals surface area contributed by atoms with Crippen LogP contribution in [-0.4, -0.2) is 51.7 Å². The van der Waals surface area contributed by atoms with Gasteiger partial charge in [0.1, 0.15) is 0 Å². The molecular weight excluding hydrogens is 334 g/mol. The van der Waals surface area contributed by atoms with Crippen LogP contribution >= 0.6 is 12.4 Å². The Balaban J connectivity index is 0.00000529. The van der Waals surface area contributed by atoms with Crippen molar-refractivity contribution in [2.75, 3.05) is 33.9 Å². The molecule has 24 heavy (non-hydrogen) atoms. The van der Waals surface area contributed by atoms with E-state index >= 15 is 0 Å². The zero-order valence-electron chi connectivity index (χ0n) is 14.5. The molecule has 3 N–H and O–H groups in total. The number of halogens is 1. The summed E-state index contributed by atoms with van der Waals surface area (Å²) in [6, 6.07) is 4.89. The Hall–Kier alpha value is -1.99. The minimum atomic E-state index is -0.212. The third kappa shape index (κ3) is 7.52. The predicted molar refractivity (Wildman–Crippen MR) is 95.3 cm³/mol. The number of amides is 2. The Morgan fingerprint density at radius 3 is 2.46 bits per heavy atom. The minimum absolute atomic E-state index is 0. The quantitative estimate of drug-likeness (QED) is 0.572. The van der Waals surface area contributed by atoms with Gasteiger partial charge >= 0.3 is 0 Å². The smallest absolute Gasteiger partial charge is 0.258 e. The molecule has 0 aliphatic carbocycles. The SMILES string of the molecule is CNCCNC(=O)c1ccc(OCC(=O)NC(C)C)c(OC)c1.Cl. The maximum Gasteiger partial charge on any atom is 0.258 e. The van der Waals surface area contributed by atoms with Crippen LogP contribution in [0.3, 0.4) is 0 Å². The molecule has 0 saturated heterocycles. The Kier molecular flexibility index (Phi) is 10.6. The Morgan fingerprint density at radius 2 is 1.88 bits per heavy atom. The number of rotatable bonds is 9. The zero-order chi connectivity index (χ0) is 17.2. The van der Waals surface area contributed by atoms with E-state index in [0.717, 1.165) is 0 Å². The second kappa shape index (κ2) is 11.5. The lowest BCUT2D eigenvalue weighted by Gasteiger charge is -2.13. The van der Waals surface area contributed by atoms with E-state index < -0.39 is 0 Å². The summed E-state index contributed by atoms with van der Waals surface area (Å²) in [6.07, 6.45) is 0. The van der Waals surface area contributed by atoms with Crippen molar-refractivity contribution in [2.24, 2.45) is 0 Å². The molecule has 1 rings (SSSR count). The number of carbonyl (C=O) groups excluding carboxylic acids is 2. The molecule has 0 saturated carbocycles. The highest BCUT2D eigenvalue weighted by atomic mass is 35.5. The fraction of sp³-hybridized carbons (Fsp3) is 0.500. The number of methoxy groups -OCH3 is 1. The lowest BCUT2D eigenvalue weighted by Crippen LogP contribution is -2.34. The third-order valence-electron chi connectivity index (χ3n) is 2.89. The van der Waals surface area contributed by atoms with E-state index in [4.69, 9.17) is 9.47 Å². The molecule has 0 aromatic heterocycles. The van der Waals surface area contributed by atoms with Crippen LogP contribution in [0, 0.1) is 0 Å². The molecule has 0 unspecified atom stereocenters. The van der Waals surface area contributed by atoms with Crippen LogP contribution in [0.1, 0.15) is 24.2 Å². The summed E-state index contributed by atoms with van der Waals surface area (Å²) in [4.78, 5) is 23.6. The highest BCUT2D eigenvalue weighted by Gasteiger charge is 2.12. The van der Waals surface area contributed by atoms with Crippen molar-refractivity contribution in [2.45, 2.75) is 19.9 Å². The van der Waals surface area contributed by atoms with E-state index in [1.54, 1.807) is 18.2 Å². The van der Waals surface area contributed by atoms with E-state index in [1.165, 1.54) is 7.11 Å². The largest absolute Gasteiger partial charge is 0.493 e.